The Kier molecular flexibility index (Phi) is 3.37. The Hall–Kier alpha value is -2.69. The molecular weight excluding hydrogens is 302 g/mol. The highest BCUT2D eigenvalue weighted by Gasteiger charge is 2.35. The fourth-order valence-corrected chi connectivity index (χ4v) is 2.51. The van der Waals surface area contributed by atoms with Gasteiger partial charge in [0, 0.05) is 11.8 Å². The summed E-state index contributed by atoms with van der Waals surface area (Å²) in [7, 11) is 0. The van der Waals surface area contributed by atoms with E-state index in [1.807, 2.05) is 49.5 Å². The van der Waals surface area contributed by atoms with Crippen LogP contribution in [0, 0.1) is 0 Å². The van der Waals surface area contributed by atoms with Gasteiger partial charge in [-0.05, 0) is 43.7 Å². The van der Waals surface area contributed by atoms with Crippen LogP contribution in [0.3, 0.4) is 0 Å². The van der Waals surface area contributed by atoms with E-state index in [2.05, 4.69) is 34.3 Å². The largest absolute Gasteiger partial charge is 0.490 e. The van der Waals surface area contributed by atoms with Crippen molar-refractivity contribution >= 4 is 6.21 Å². The molecule has 24 heavy (non-hydrogen) atoms. The van der Waals surface area contributed by atoms with E-state index >= 15 is 0 Å². The van der Waals surface area contributed by atoms with Crippen LogP contribution < -0.4 is 9.47 Å². The molecule has 0 saturated heterocycles. The fourth-order valence-electron chi connectivity index (χ4n) is 2.51. The van der Waals surface area contributed by atoms with Gasteiger partial charge in [0.2, 0.25) is 5.66 Å². The van der Waals surface area contributed by atoms with Gasteiger partial charge in [0.15, 0.2) is 0 Å². The van der Waals surface area contributed by atoms with Gasteiger partial charge in [-0.3, -0.25) is 4.99 Å². The Morgan fingerprint density at radius 2 is 1.21 bits per heavy atom. The summed E-state index contributed by atoms with van der Waals surface area (Å²) in [6.45, 7) is 5.07. The third-order valence-corrected chi connectivity index (χ3v) is 4.38. The highest BCUT2D eigenvalue weighted by Crippen LogP contribution is 2.39. The summed E-state index contributed by atoms with van der Waals surface area (Å²) in [4.78, 5) is 4.27. The number of nitrogens with zero attached hydrogens (tertiary/aromatic N) is 3. The molecule has 2 heterocycles. The zero-order chi connectivity index (χ0) is 16.6. The molecule has 2 aromatic rings. The van der Waals surface area contributed by atoms with Crippen LogP contribution in [0.4, 0.5) is 0 Å². The molecule has 0 saturated carbocycles. The van der Waals surface area contributed by atoms with Crippen LogP contribution in [-0.4, -0.2) is 19.4 Å². The van der Waals surface area contributed by atoms with E-state index in [9.17, 15) is 0 Å². The van der Waals surface area contributed by atoms with Crippen molar-refractivity contribution < 1.29 is 9.47 Å². The number of rotatable bonds is 7. The van der Waals surface area contributed by atoms with E-state index in [0.29, 0.717) is 13.2 Å². The van der Waals surface area contributed by atoms with Crippen LogP contribution in [-0.2, 0) is 11.2 Å². The molecule has 122 valence electrons. The first-order valence-electron chi connectivity index (χ1n) is 8.05. The topological polar surface area (TPSA) is 55.5 Å². The molecular formula is C19H19N3O2. The zero-order valence-electron chi connectivity index (χ0n) is 13.8. The normalized spacial score (nSPS) is 22.2. The van der Waals surface area contributed by atoms with E-state index in [1.54, 1.807) is 0 Å². The van der Waals surface area contributed by atoms with Gasteiger partial charge in [-0.15, -0.1) is 0 Å². The second kappa shape index (κ2) is 5.44. The van der Waals surface area contributed by atoms with Crippen LogP contribution >= 0.6 is 0 Å². The first kappa shape index (κ1) is 14.9. The van der Waals surface area contributed by atoms with Crippen LogP contribution in [0.1, 0.15) is 25.0 Å². The van der Waals surface area contributed by atoms with Crippen molar-refractivity contribution in [3.05, 3.63) is 59.7 Å². The molecule has 0 aliphatic carbocycles. The number of ether oxygens (including phenoxy) is 2. The summed E-state index contributed by atoms with van der Waals surface area (Å²) in [5.74, 6) is 1.66. The lowest BCUT2D eigenvalue weighted by molar-refractivity contribution is 0.217. The minimum atomic E-state index is -0.337. The van der Waals surface area contributed by atoms with Crippen molar-refractivity contribution in [2.75, 3.05) is 13.2 Å². The van der Waals surface area contributed by atoms with E-state index in [4.69, 9.17) is 9.47 Å². The molecule has 0 aromatic heterocycles. The maximum atomic E-state index is 5.71. The Bertz CT molecular complexity index is 713. The van der Waals surface area contributed by atoms with Crippen LogP contribution in [0.15, 0.2) is 63.8 Å². The van der Waals surface area contributed by atoms with Gasteiger partial charge in [-0.25, -0.2) is 0 Å². The molecule has 1 atom stereocenters. The van der Waals surface area contributed by atoms with Gasteiger partial charge in [-0.1, -0.05) is 24.3 Å². The van der Waals surface area contributed by atoms with Gasteiger partial charge in [0.05, 0.1) is 0 Å². The van der Waals surface area contributed by atoms with E-state index in [1.165, 1.54) is 5.56 Å². The highest BCUT2D eigenvalue weighted by molar-refractivity contribution is 5.85. The second-order valence-electron chi connectivity index (χ2n) is 6.37. The van der Waals surface area contributed by atoms with Gasteiger partial charge in [0.25, 0.3) is 0 Å². The summed E-state index contributed by atoms with van der Waals surface area (Å²) in [6, 6.07) is 15.9. The maximum absolute atomic E-state index is 5.71. The van der Waals surface area contributed by atoms with E-state index in [0.717, 1.165) is 17.1 Å². The molecule has 2 aromatic carbocycles. The molecule has 2 aliphatic heterocycles. The van der Waals surface area contributed by atoms with Gasteiger partial charge in [-0.2, -0.15) is 10.2 Å². The first-order chi connectivity index (χ1) is 11.6. The molecule has 0 fully saturated rings. The molecule has 0 spiro atoms. The lowest BCUT2D eigenvalue weighted by Crippen LogP contribution is -2.10. The molecule has 4 rings (SSSR count). The number of hydrogen-bond acceptors (Lipinski definition) is 5. The second-order valence-corrected chi connectivity index (χ2v) is 6.37. The van der Waals surface area contributed by atoms with Crippen LogP contribution in [0.5, 0.6) is 11.5 Å². The summed E-state index contributed by atoms with van der Waals surface area (Å²) in [5.41, 5.74) is 1.84. The van der Waals surface area contributed by atoms with E-state index in [-0.39, 0.29) is 11.2 Å². The third-order valence-electron chi connectivity index (χ3n) is 4.38. The quantitative estimate of drug-likeness (QED) is 0.721. The van der Waals surface area contributed by atoms with Crippen molar-refractivity contribution in [3.63, 3.8) is 0 Å². The first-order valence-corrected chi connectivity index (χ1v) is 8.05. The Labute approximate surface area is 141 Å². The molecule has 5 nitrogen and oxygen atoms in total. The monoisotopic (exact) mass is 321 g/mol. The highest BCUT2D eigenvalue weighted by atomic mass is 16.5. The predicted molar refractivity (Wildman–Crippen MR) is 91.9 cm³/mol. The Balaban J connectivity index is 1.23. The lowest BCUT2D eigenvalue weighted by Gasteiger charge is -2.11. The van der Waals surface area contributed by atoms with E-state index < -0.39 is 0 Å². The van der Waals surface area contributed by atoms with Crippen LogP contribution in [0.2, 0.25) is 0 Å². The van der Waals surface area contributed by atoms with Gasteiger partial charge >= 0.3 is 0 Å². The summed E-state index contributed by atoms with van der Waals surface area (Å²) in [6.07, 6.45) is 1.95. The third kappa shape index (κ3) is 3.02. The average Bonchev–Trinajstić information content (AvgIpc) is 3.53. The minimum absolute atomic E-state index is 0.0914. The zero-order valence-corrected chi connectivity index (χ0v) is 13.8. The summed E-state index contributed by atoms with van der Waals surface area (Å²) >= 11 is 0. The molecule has 0 amide bonds. The average molecular weight is 321 g/mol. The molecule has 0 N–H and O–H groups in total. The van der Waals surface area contributed by atoms with Crippen LogP contribution in [0.25, 0.3) is 0 Å². The van der Waals surface area contributed by atoms with Crippen molar-refractivity contribution in [1.29, 1.82) is 0 Å². The summed E-state index contributed by atoms with van der Waals surface area (Å²) in [5, 5.41) is 8.05. The maximum Gasteiger partial charge on any atom is 0.213 e. The SMILES string of the molecule is CC1(c2ccc(OCCOc3ccc(C4(C)N=N4)cc3)cc2)C=N1. The minimum Gasteiger partial charge on any atom is -0.490 e. The van der Waals surface area contributed by atoms with Gasteiger partial charge < -0.3 is 9.47 Å². The van der Waals surface area contributed by atoms with Crippen molar-refractivity contribution in [3.8, 4) is 11.5 Å². The van der Waals surface area contributed by atoms with Crippen molar-refractivity contribution in [2.24, 2.45) is 15.2 Å². The molecule has 5 heteroatoms. The van der Waals surface area contributed by atoms with Crippen molar-refractivity contribution in [2.45, 2.75) is 25.0 Å². The number of aliphatic imine (C=N–C) groups is 1. The van der Waals surface area contributed by atoms with Gasteiger partial charge in [0.1, 0.15) is 30.3 Å². The fraction of sp³-hybridized carbons (Fsp3) is 0.316. The van der Waals surface area contributed by atoms with Crippen molar-refractivity contribution in [1.82, 2.24) is 0 Å². The molecule has 1 unspecified atom stereocenters. The standard InChI is InChI=1S/C19H19N3O2/c1-18(13-20-18)14-3-7-16(8-4-14)23-11-12-24-17-9-5-15(6-10-17)19(2)21-22-19/h3-10,13H,11-12H2,1-2H3. The lowest BCUT2D eigenvalue weighted by atomic mass is 10.0. The predicted octanol–water partition coefficient (Wildman–Crippen LogP) is 4.08. The molecule has 0 bridgehead atoms. The Morgan fingerprint density at radius 3 is 1.62 bits per heavy atom. The Morgan fingerprint density at radius 1 is 0.750 bits per heavy atom. The number of benzene rings is 2. The number of hydrogen-bond donors (Lipinski definition) is 0. The molecule has 0 radical (unpaired) electrons. The molecule has 2 aliphatic rings. The summed E-state index contributed by atoms with van der Waals surface area (Å²) < 4.78 is 11.4. The smallest absolute Gasteiger partial charge is 0.213 e.